The second-order valence-electron chi connectivity index (χ2n) is 6.84. The topological polar surface area (TPSA) is 102 Å². The number of aromatic nitrogens is 6. The van der Waals surface area contributed by atoms with Crippen molar-refractivity contribution in [1.29, 1.82) is 0 Å². The van der Waals surface area contributed by atoms with E-state index in [1.807, 2.05) is 31.0 Å². The number of hydrogen-bond donors (Lipinski definition) is 1. The van der Waals surface area contributed by atoms with E-state index in [1.54, 1.807) is 41.6 Å². The normalized spacial score (nSPS) is 16.5. The molecular weight excluding hydrogens is 368 g/mol. The number of likely N-dealkylation sites (tertiary alicyclic amines) is 1. The Labute approximate surface area is 168 Å². The van der Waals surface area contributed by atoms with E-state index in [0.29, 0.717) is 24.0 Å². The van der Waals surface area contributed by atoms with Crippen LogP contribution in [-0.4, -0.2) is 47.1 Å². The highest BCUT2D eigenvalue weighted by atomic mass is 16.2. The van der Waals surface area contributed by atoms with Crippen LogP contribution >= 0.6 is 0 Å². The molecule has 3 aromatic heterocycles. The van der Waals surface area contributed by atoms with Gasteiger partial charge in [-0.3, -0.25) is 14.5 Å². The summed E-state index contributed by atoms with van der Waals surface area (Å²) < 4.78 is 1.73. The molecule has 1 aliphatic heterocycles. The molecule has 1 N–H and O–H groups in total. The average molecular weight is 390 g/mol. The molecule has 0 saturated carbocycles. The van der Waals surface area contributed by atoms with Crippen molar-refractivity contribution in [3.8, 4) is 0 Å². The molecule has 29 heavy (non-hydrogen) atoms. The Bertz CT molecular complexity index is 1030. The van der Waals surface area contributed by atoms with Crippen molar-refractivity contribution in [2.75, 3.05) is 11.9 Å². The Kier molecular flexibility index (Phi) is 5.28. The van der Waals surface area contributed by atoms with E-state index < -0.39 is 0 Å². The van der Waals surface area contributed by atoms with E-state index in [1.165, 1.54) is 0 Å². The highest BCUT2D eigenvalue weighted by molar-refractivity contribution is 5.92. The van der Waals surface area contributed by atoms with Crippen molar-refractivity contribution in [3.63, 3.8) is 0 Å². The van der Waals surface area contributed by atoms with Crippen LogP contribution in [0.3, 0.4) is 0 Å². The number of amides is 1. The predicted molar refractivity (Wildman–Crippen MR) is 108 cm³/mol. The lowest BCUT2D eigenvalue weighted by Gasteiger charge is -2.23. The van der Waals surface area contributed by atoms with Crippen LogP contribution in [0.1, 0.15) is 36.1 Å². The van der Waals surface area contributed by atoms with Crippen LogP contribution in [0.5, 0.6) is 0 Å². The molecule has 9 nitrogen and oxygen atoms in total. The minimum atomic E-state index is -0.0807. The molecular formula is C20H22N8O. The van der Waals surface area contributed by atoms with Crippen LogP contribution in [-0.2, 0) is 11.8 Å². The second kappa shape index (κ2) is 8.17. The van der Waals surface area contributed by atoms with Crippen molar-refractivity contribution in [3.05, 3.63) is 60.2 Å². The van der Waals surface area contributed by atoms with Crippen molar-refractivity contribution < 1.29 is 4.79 Å². The number of anilines is 2. The summed E-state index contributed by atoms with van der Waals surface area (Å²) in [5, 5.41) is 7.27. The van der Waals surface area contributed by atoms with Crippen LogP contribution in [0, 0.1) is 6.92 Å². The Morgan fingerprint density at radius 3 is 2.90 bits per heavy atom. The van der Waals surface area contributed by atoms with Crippen LogP contribution in [0.25, 0.3) is 6.08 Å². The summed E-state index contributed by atoms with van der Waals surface area (Å²) in [4.78, 5) is 32.0. The molecule has 4 rings (SSSR count). The highest BCUT2D eigenvalue weighted by Crippen LogP contribution is 2.32. The molecule has 1 saturated heterocycles. The fourth-order valence-corrected chi connectivity index (χ4v) is 3.46. The Hall–Kier alpha value is -3.62. The van der Waals surface area contributed by atoms with Crippen LogP contribution < -0.4 is 5.32 Å². The largest absolute Gasteiger partial charge is 0.331 e. The maximum Gasteiger partial charge on any atom is 0.247 e. The molecule has 0 spiro atoms. The van der Waals surface area contributed by atoms with Gasteiger partial charge in [-0.25, -0.2) is 15.0 Å². The summed E-state index contributed by atoms with van der Waals surface area (Å²) in [7, 11) is 1.85. The maximum atomic E-state index is 12.8. The van der Waals surface area contributed by atoms with E-state index in [4.69, 9.17) is 0 Å². The lowest BCUT2D eigenvalue weighted by Crippen LogP contribution is -2.29. The third kappa shape index (κ3) is 4.29. The summed E-state index contributed by atoms with van der Waals surface area (Å²) in [6.45, 7) is 2.55. The molecule has 1 amide bonds. The summed E-state index contributed by atoms with van der Waals surface area (Å²) in [6, 6.07) is 3.66. The lowest BCUT2D eigenvalue weighted by molar-refractivity contribution is -0.126. The Morgan fingerprint density at radius 1 is 1.24 bits per heavy atom. The lowest BCUT2D eigenvalue weighted by atomic mass is 10.1. The molecule has 4 heterocycles. The summed E-state index contributed by atoms with van der Waals surface area (Å²) in [5.74, 6) is 1.85. The van der Waals surface area contributed by atoms with Gasteiger partial charge in [0.25, 0.3) is 0 Å². The SMILES string of the molecule is Cc1nc(Nc2cnccn2)cc([C@@H]2CCCN2C(=O)/C=C/c2ccnn2C)n1. The van der Waals surface area contributed by atoms with Gasteiger partial charge in [-0.2, -0.15) is 5.10 Å². The zero-order chi connectivity index (χ0) is 20.2. The van der Waals surface area contributed by atoms with Gasteiger partial charge < -0.3 is 10.2 Å². The molecule has 0 radical (unpaired) electrons. The molecule has 1 aliphatic rings. The molecule has 0 aromatic carbocycles. The first-order valence-electron chi connectivity index (χ1n) is 9.45. The Balaban J connectivity index is 1.54. The second-order valence-corrected chi connectivity index (χ2v) is 6.84. The molecule has 1 atom stereocenters. The highest BCUT2D eigenvalue weighted by Gasteiger charge is 2.30. The number of hydrogen-bond acceptors (Lipinski definition) is 7. The van der Waals surface area contributed by atoms with E-state index >= 15 is 0 Å². The van der Waals surface area contributed by atoms with E-state index in [0.717, 1.165) is 24.2 Å². The number of rotatable bonds is 5. The molecule has 1 fully saturated rings. The standard InChI is InChI=1S/C20H22N8O/c1-14-24-16(12-18(25-14)26-19-13-21-9-10-22-19)17-4-3-11-28(17)20(29)6-5-15-7-8-23-27(15)2/h5-10,12-13,17H,3-4,11H2,1-2H3,(H,22,24,25,26)/b6-5+/t17-/m0/s1. The van der Waals surface area contributed by atoms with E-state index in [2.05, 4.69) is 30.4 Å². The fourth-order valence-electron chi connectivity index (χ4n) is 3.46. The summed E-state index contributed by atoms with van der Waals surface area (Å²) in [6.07, 6.45) is 11.8. The van der Waals surface area contributed by atoms with Gasteiger partial charge >= 0.3 is 0 Å². The first-order chi connectivity index (χ1) is 14.1. The van der Waals surface area contributed by atoms with Gasteiger partial charge in [0.2, 0.25) is 5.91 Å². The molecule has 0 bridgehead atoms. The molecule has 0 aliphatic carbocycles. The van der Waals surface area contributed by atoms with Gasteiger partial charge in [-0.1, -0.05) is 0 Å². The summed E-state index contributed by atoms with van der Waals surface area (Å²) in [5.41, 5.74) is 1.70. The van der Waals surface area contributed by atoms with Gasteiger partial charge in [0.15, 0.2) is 0 Å². The van der Waals surface area contributed by atoms with E-state index in [-0.39, 0.29) is 11.9 Å². The molecule has 3 aromatic rings. The monoisotopic (exact) mass is 390 g/mol. The van der Waals surface area contributed by atoms with Crippen LogP contribution in [0.2, 0.25) is 0 Å². The minimum Gasteiger partial charge on any atom is -0.331 e. The first kappa shape index (κ1) is 18.7. The molecule has 9 heteroatoms. The van der Waals surface area contributed by atoms with Gasteiger partial charge in [-0.15, -0.1) is 0 Å². The maximum absolute atomic E-state index is 12.8. The van der Waals surface area contributed by atoms with Crippen molar-refractivity contribution in [2.24, 2.45) is 7.05 Å². The summed E-state index contributed by atoms with van der Waals surface area (Å²) >= 11 is 0. The third-order valence-corrected chi connectivity index (χ3v) is 4.81. The number of carbonyl (C=O) groups is 1. The predicted octanol–water partition coefficient (Wildman–Crippen LogP) is 2.43. The molecule has 0 unspecified atom stereocenters. The van der Waals surface area contributed by atoms with Crippen LogP contribution in [0.15, 0.2) is 43.0 Å². The average Bonchev–Trinajstić information content (AvgIpc) is 3.35. The third-order valence-electron chi connectivity index (χ3n) is 4.81. The van der Waals surface area contributed by atoms with Gasteiger partial charge in [0, 0.05) is 44.3 Å². The van der Waals surface area contributed by atoms with Crippen molar-refractivity contribution in [1.82, 2.24) is 34.6 Å². The quantitative estimate of drug-likeness (QED) is 0.668. The number of nitrogens with zero attached hydrogens (tertiary/aromatic N) is 7. The molecule has 148 valence electrons. The van der Waals surface area contributed by atoms with E-state index in [9.17, 15) is 4.79 Å². The van der Waals surface area contributed by atoms with Crippen molar-refractivity contribution >= 4 is 23.6 Å². The van der Waals surface area contributed by atoms with Gasteiger partial charge in [0.1, 0.15) is 17.5 Å². The van der Waals surface area contributed by atoms with Crippen LogP contribution in [0.4, 0.5) is 11.6 Å². The smallest absolute Gasteiger partial charge is 0.247 e. The minimum absolute atomic E-state index is 0.0339. The van der Waals surface area contributed by atoms with Gasteiger partial charge in [-0.05, 0) is 31.9 Å². The number of nitrogens with one attached hydrogen (secondary N) is 1. The first-order valence-corrected chi connectivity index (χ1v) is 9.45. The van der Waals surface area contributed by atoms with Gasteiger partial charge in [0.05, 0.1) is 23.6 Å². The fraction of sp³-hybridized carbons (Fsp3) is 0.300. The number of aryl methyl sites for hydroxylation is 2. The Morgan fingerprint density at radius 2 is 2.14 bits per heavy atom. The zero-order valence-corrected chi connectivity index (χ0v) is 16.4. The zero-order valence-electron chi connectivity index (χ0n) is 16.4. The van der Waals surface area contributed by atoms with Crippen molar-refractivity contribution in [2.45, 2.75) is 25.8 Å². The number of carbonyl (C=O) groups excluding carboxylic acids is 1.